The van der Waals surface area contributed by atoms with Crippen molar-refractivity contribution in [1.82, 2.24) is 14.7 Å². The molecule has 1 aromatic rings. The lowest BCUT2D eigenvalue weighted by Gasteiger charge is -2.42. The van der Waals surface area contributed by atoms with Crippen LogP contribution in [0.1, 0.15) is 77.4 Å². The first-order valence-corrected chi connectivity index (χ1v) is 17.4. The van der Waals surface area contributed by atoms with Crippen molar-refractivity contribution in [3.05, 3.63) is 60.2 Å². The number of likely N-dealkylation sites (N-methyl/N-ethyl adjacent to an activating group) is 1. The van der Waals surface area contributed by atoms with E-state index in [1.807, 2.05) is 74.2 Å². The Balaban J connectivity index is 1.46. The maximum atomic E-state index is 15.0. The number of allylic oxidation sites excluding steroid dienone is 1. The quantitative estimate of drug-likeness (QED) is 0.382. The van der Waals surface area contributed by atoms with Crippen LogP contribution in [-0.4, -0.2) is 99.6 Å². The van der Waals surface area contributed by atoms with Crippen molar-refractivity contribution in [3.63, 3.8) is 0 Å². The van der Waals surface area contributed by atoms with Crippen molar-refractivity contribution in [2.75, 3.05) is 20.2 Å². The van der Waals surface area contributed by atoms with Gasteiger partial charge in [0.05, 0.1) is 30.7 Å². The van der Waals surface area contributed by atoms with E-state index >= 15 is 4.79 Å². The smallest absolute Gasteiger partial charge is 0.313 e. The van der Waals surface area contributed by atoms with E-state index in [2.05, 4.69) is 0 Å². The summed E-state index contributed by atoms with van der Waals surface area (Å²) in [6.07, 6.45) is 11.6. The molecule has 5 bridgehead atoms. The first-order valence-electron chi connectivity index (χ1n) is 17.4. The third kappa shape index (κ3) is 5.81. The summed E-state index contributed by atoms with van der Waals surface area (Å²) in [5.74, 6) is -3.42. The second-order valence-electron chi connectivity index (χ2n) is 14.2. The third-order valence-electron chi connectivity index (χ3n) is 11.2. The molecule has 47 heavy (non-hydrogen) atoms. The molecule has 10 nitrogen and oxygen atoms in total. The molecule has 4 heterocycles. The zero-order valence-corrected chi connectivity index (χ0v) is 28.0. The van der Waals surface area contributed by atoms with Crippen LogP contribution in [0.5, 0.6) is 0 Å². The van der Waals surface area contributed by atoms with Gasteiger partial charge in [0.2, 0.25) is 17.7 Å². The minimum Gasteiger partial charge on any atom is -0.455 e. The average molecular weight is 648 g/mol. The summed E-state index contributed by atoms with van der Waals surface area (Å²) < 4.78 is 12.9. The zero-order valence-electron chi connectivity index (χ0n) is 28.0. The molecule has 0 radical (unpaired) electrons. The fraction of sp³-hybridized carbons (Fsp3) is 0.622. The lowest BCUT2D eigenvalue weighted by atomic mass is 9.74. The number of hydrogen-bond acceptors (Lipinski definition) is 7. The van der Waals surface area contributed by atoms with E-state index in [0.717, 1.165) is 37.7 Å². The van der Waals surface area contributed by atoms with Crippen molar-refractivity contribution in [1.29, 1.82) is 0 Å². The molecule has 0 unspecified atom stereocenters. The van der Waals surface area contributed by atoms with Crippen LogP contribution in [0.25, 0.3) is 0 Å². The monoisotopic (exact) mass is 647 g/mol. The second kappa shape index (κ2) is 13.5. The fourth-order valence-corrected chi connectivity index (χ4v) is 8.51. The van der Waals surface area contributed by atoms with Crippen molar-refractivity contribution in [2.45, 2.75) is 108 Å². The molecule has 10 heteroatoms. The minimum absolute atomic E-state index is 0.00870. The summed E-state index contributed by atoms with van der Waals surface area (Å²) in [6, 6.07) is 7.13. The van der Waals surface area contributed by atoms with Gasteiger partial charge >= 0.3 is 5.97 Å². The Labute approximate surface area is 277 Å². The molecule has 3 amide bonds. The molecule has 4 aliphatic heterocycles. The summed E-state index contributed by atoms with van der Waals surface area (Å²) in [5, 5.41) is 10.6. The Morgan fingerprint density at radius 1 is 1.00 bits per heavy atom. The normalized spacial score (nSPS) is 35.1. The predicted molar refractivity (Wildman–Crippen MR) is 175 cm³/mol. The van der Waals surface area contributed by atoms with Crippen LogP contribution in [0.3, 0.4) is 0 Å². The van der Waals surface area contributed by atoms with Crippen LogP contribution in [0.2, 0.25) is 0 Å². The van der Waals surface area contributed by atoms with Gasteiger partial charge < -0.3 is 29.3 Å². The summed E-state index contributed by atoms with van der Waals surface area (Å²) >= 11 is 0. The molecule has 8 atom stereocenters. The van der Waals surface area contributed by atoms with E-state index in [-0.39, 0.29) is 42.7 Å². The third-order valence-corrected chi connectivity index (χ3v) is 11.2. The number of aliphatic hydroxyl groups is 1. The van der Waals surface area contributed by atoms with Gasteiger partial charge in [-0.15, -0.1) is 0 Å². The molecule has 0 aromatic heterocycles. The summed E-state index contributed by atoms with van der Waals surface area (Å²) in [5.41, 5.74) is -0.633. The van der Waals surface area contributed by atoms with Crippen LogP contribution in [0.15, 0.2) is 54.6 Å². The number of ether oxygens (including phenoxy) is 2. The topological polar surface area (TPSA) is 117 Å². The number of cyclic esters (lactones) is 1. The fourth-order valence-electron chi connectivity index (χ4n) is 8.51. The van der Waals surface area contributed by atoms with E-state index in [4.69, 9.17) is 9.47 Å². The number of aliphatic hydroxyl groups excluding tert-OH is 1. The molecule has 254 valence electrons. The van der Waals surface area contributed by atoms with Crippen LogP contribution in [0.4, 0.5) is 0 Å². The Kier molecular flexibility index (Phi) is 9.63. The molecule has 1 spiro atoms. The van der Waals surface area contributed by atoms with Gasteiger partial charge in [-0.1, -0.05) is 87.7 Å². The molecular formula is C37H49N3O7. The van der Waals surface area contributed by atoms with Gasteiger partial charge in [-0.2, -0.15) is 0 Å². The van der Waals surface area contributed by atoms with Gasteiger partial charge in [0.1, 0.15) is 23.7 Å². The van der Waals surface area contributed by atoms with Crippen molar-refractivity contribution < 1.29 is 33.8 Å². The molecular weight excluding hydrogens is 598 g/mol. The van der Waals surface area contributed by atoms with Gasteiger partial charge in [-0.25, -0.2) is 0 Å². The number of nitrogens with zero attached hydrogens (tertiary/aromatic N) is 3. The van der Waals surface area contributed by atoms with E-state index in [9.17, 15) is 19.5 Å². The summed E-state index contributed by atoms with van der Waals surface area (Å²) in [4.78, 5) is 62.4. The number of fused-ring (bicyclic) bond motifs is 2. The maximum absolute atomic E-state index is 15.0. The molecule has 1 N–H and O–H groups in total. The number of amides is 3. The van der Waals surface area contributed by atoms with Crippen molar-refractivity contribution >= 4 is 23.7 Å². The minimum atomic E-state index is -1.37. The van der Waals surface area contributed by atoms with Gasteiger partial charge in [0, 0.05) is 26.1 Å². The maximum Gasteiger partial charge on any atom is 0.313 e. The van der Waals surface area contributed by atoms with Crippen LogP contribution >= 0.6 is 0 Å². The Bertz CT molecular complexity index is 1410. The largest absolute Gasteiger partial charge is 0.455 e. The molecule has 5 aliphatic rings. The summed E-state index contributed by atoms with van der Waals surface area (Å²) in [7, 11) is 1.72. The lowest BCUT2D eigenvalue weighted by Crippen LogP contribution is -2.61. The highest BCUT2D eigenvalue weighted by molar-refractivity contribution is 5.99. The highest BCUT2D eigenvalue weighted by Gasteiger charge is 2.74. The van der Waals surface area contributed by atoms with Crippen LogP contribution < -0.4 is 0 Å². The number of rotatable bonds is 5. The molecule has 3 fully saturated rings. The van der Waals surface area contributed by atoms with Gasteiger partial charge in [0.15, 0.2) is 0 Å². The van der Waals surface area contributed by atoms with Crippen molar-refractivity contribution in [2.24, 2.45) is 17.8 Å². The Hall–Kier alpha value is -3.50. The number of carbonyl (C=O) groups is 4. The number of benzene rings is 1. The average Bonchev–Trinajstić information content (AvgIpc) is 3.72. The SMILES string of the molecule is CC(C)[C@H](CO)N1C(=O)[C@@H]2[C@H]3C(=O)O[C@@H](c4ccccc4)[C@H](C)N(C)C(=O)CC/C=C\CN(C4CCCCC4)C(=O)[C@@H]1[C@]21C=C[C@H]3O1. The number of esters is 1. The first kappa shape index (κ1) is 33.4. The van der Waals surface area contributed by atoms with E-state index in [1.165, 1.54) is 4.90 Å². The first-order chi connectivity index (χ1) is 22.6. The Morgan fingerprint density at radius 2 is 1.72 bits per heavy atom. The van der Waals surface area contributed by atoms with E-state index in [0.29, 0.717) is 13.0 Å². The van der Waals surface area contributed by atoms with Gasteiger partial charge in [-0.3, -0.25) is 19.2 Å². The highest BCUT2D eigenvalue weighted by Crippen LogP contribution is 2.56. The van der Waals surface area contributed by atoms with Gasteiger partial charge in [0.25, 0.3) is 0 Å². The van der Waals surface area contributed by atoms with Gasteiger partial charge in [-0.05, 0) is 37.7 Å². The molecule has 2 saturated heterocycles. The highest BCUT2D eigenvalue weighted by atomic mass is 16.6. The Morgan fingerprint density at radius 3 is 2.40 bits per heavy atom. The molecule has 1 aliphatic carbocycles. The van der Waals surface area contributed by atoms with E-state index < -0.39 is 53.7 Å². The second-order valence-corrected chi connectivity index (χ2v) is 14.2. The standard InChI is InChI=1S/C37H49N3O7/c1-23(2)27(22-41)40-33-35(44)39(26-16-10-6-11-17-26)21-13-7-12-18-29(42)38(4)24(3)32(25-14-8-5-9-15-25)46-36(45)30-28-19-20-37(33,47-28)31(30)34(40)43/h5,7-9,13-15,19-20,23-24,26-28,30-33,41H,6,10-12,16-18,21-22H2,1-4H3/b13-7-/t24-,27-,28+,30-,31-,32+,33+,37-/m0/s1. The number of hydrogen-bond donors (Lipinski definition) is 1. The molecule has 6 rings (SSSR count). The number of carbonyl (C=O) groups excluding carboxylic acids is 4. The molecule has 1 saturated carbocycles. The summed E-state index contributed by atoms with van der Waals surface area (Å²) in [6.45, 7) is 5.72. The molecule has 1 aromatic carbocycles. The lowest BCUT2D eigenvalue weighted by molar-refractivity contribution is -0.164. The number of likely N-dealkylation sites (tertiary alicyclic amines) is 1. The zero-order chi connectivity index (χ0) is 33.5. The van der Waals surface area contributed by atoms with Crippen LogP contribution in [0, 0.1) is 17.8 Å². The van der Waals surface area contributed by atoms with E-state index in [1.54, 1.807) is 18.0 Å². The van der Waals surface area contributed by atoms with Crippen LogP contribution in [-0.2, 0) is 28.7 Å². The van der Waals surface area contributed by atoms with Crippen molar-refractivity contribution in [3.8, 4) is 0 Å². The predicted octanol–water partition coefficient (Wildman–Crippen LogP) is 3.80.